The lowest BCUT2D eigenvalue weighted by molar-refractivity contribution is -0.386. The van der Waals surface area contributed by atoms with Gasteiger partial charge >= 0.3 is 5.69 Å². The van der Waals surface area contributed by atoms with E-state index in [4.69, 9.17) is 20.9 Å². The van der Waals surface area contributed by atoms with Crippen LogP contribution in [-0.4, -0.2) is 116 Å². The first kappa shape index (κ1) is 53.6. The number of nitrogens with zero attached hydrogens (tertiary/aromatic N) is 6. The Labute approximate surface area is 429 Å². The van der Waals surface area contributed by atoms with Crippen LogP contribution in [0, 0.1) is 29.4 Å². The van der Waals surface area contributed by atoms with E-state index in [0.29, 0.717) is 44.2 Å². The van der Waals surface area contributed by atoms with Gasteiger partial charge in [-0.3, -0.25) is 34.2 Å². The lowest BCUT2D eigenvalue weighted by atomic mass is 9.85. The third kappa shape index (κ3) is 13.6. The van der Waals surface area contributed by atoms with Crippen molar-refractivity contribution in [3.63, 3.8) is 0 Å². The van der Waals surface area contributed by atoms with Gasteiger partial charge in [-0.25, -0.2) is 4.98 Å². The molecule has 0 aliphatic carbocycles. The van der Waals surface area contributed by atoms with Crippen LogP contribution >= 0.6 is 22.9 Å². The number of unbranched alkanes of at least 4 members (excludes halogenated alkanes) is 5. The highest BCUT2D eigenvalue weighted by molar-refractivity contribution is 7.13. The minimum absolute atomic E-state index is 0.00823. The molecule has 4 heterocycles. The zero-order chi connectivity index (χ0) is 51.5. The summed E-state index contributed by atoms with van der Waals surface area (Å²) in [4.78, 5) is 75.6. The number of nitro groups is 1. The Bertz CT molecular complexity index is 2640. The number of β-amino-alcohol motifs (C(OH)–C–C–N with tert-alkyl or cyclic N) is 1. The van der Waals surface area contributed by atoms with Crippen molar-refractivity contribution in [2.24, 2.45) is 5.41 Å². The van der Waals surface area contributed by atoms with Crippen LogP contribution < -0.4 is 15.4 Å². The minimum Gasteiger partial charge on any atom is -0.494 e. The van der Waals surface area contributed by atoms with Gasteiger partial charge in [0.05, 0.1) is 39.8 Å². The number of aromatic nitrogens is 2. The number of rotatable bonds is 21. The van der Waals surface area contributed by atoms with E-state index < -0.39 is 40.1 Å². The predicted octanol–water partition coefficient (Wildman–Crippen LogP) is 8.44. The van der Waals surface area contributed by atoms with Crippen molar-refractivity contribution >= 4 is 52.3 Å². The van der Waals surface area contributed by atoms with Crippen molar-refractivity contribution in [2.45, 2.75) is 117 Å². The fourth-order valence-corrected chi connectivity index (χ4v) is 10.3. The Balaban J connectivity index is 0.811. The van der Waals surface area contributed by atoms with E-state index in [-0.39, 0.29) is 61.1 Å². The zero-order valence-corrected chi connectivity index (χ0v) is 43.2. The lowest BCUT2D eigenvalue weighted by Crippen LogP contribution is -2.57. The van der Waals surface area contributed by atoms with Gasteiger partial charge in [0.2, 0.25) is 29.2 Å². The average molecular weight is 1030 g/mol. The summed E-state index contributed by atoms with van der Waals surface area (Å²) >= 11 is 7.83. The second-order valence-corrected chi connectivity index (χ2v) is 21.0. The first-order valence-corrected chi connectivity index (χ1v) is 25.9. The summed E-state index contributed by atoms with van der Waals surface area (Å²) in [7, 11) is 0. The molecular formula is C53H65ClN8O9S. The fraction of sp³-hybridized carbons (Fsp3) is 0.472. The number of aliphatic hydroxyl groups is 1. The van der Waals surface area contributed by atoms with Gasteiger partial charge < -0.3 is 34.8 Å². The van der Waals surface area contributed by atoms with Gasteiger partial charge in [-0.1, -0.05) is 112 Å². The van der Waals surface area contributed by atoms with E-state index >= 15 is 0 Å². The molecule has 72 heavy (non-hydrogen) atoms. The number of piperazine rings is 1. The Kier molecular flexibility index (Phi) is 18.2. The second-order valence-electron chi connectivity index (χ2n) is 19.7. The number of amides is 4. The number of likely N-dealkylation sites (tertiary alicyclic amines) is 1. The second kappa shape index (κ2) is 24.5. The average Bonchev–Trinajstić information content (AvgIpc) is 4.10. The van der Waals surface area contributed by atoms with Crippen molar-refractivity contribution in [1.82, 2.24) is 35.5 Å². The molecular weight excluding hydrogens is 960 g/mol. The van der Waals surface area contributed by atoms with Crippen LogP contribution in [0.25, 0.3) is 10.4 Å². The molecule has 384 valence electrons. The Morgan fingerprint density at radius 1 is 0.917 bits per heavy atom. The van der Waals surface area contributed by atoms with Gasteiger partial charge in [0.15, 0.2) is 0 Å². The molecule has 19 heteroatoms. The number of carbonyl (C=O) groups is 4. The predicted molar refractivity (Wildman–Crippen MR) is 275 cm³/mol. The first-order valence-electron chi connectivity index (χ1n) is 24.7. The molecule has 0 bridgehead atoms. The van der Waals surface area contributed by atoms with Crippen LogP contribution in [-0.2, 0) is 20.9 Å². The molecule has 0 saturated carbocycles. The van der Waals surface area contributed by atoms with Crippen molar-refractivity contribution in [1.29, 1.82) is 0 Å². The van der Waals surface area contributed by atoms with Crippen LogP contribution in [0.1, 0.15) is 117 Å². The fourth-order valence-electron chi connectivity index (χ4n) is 9.36. The van der Waals surface area contributed by atoms with Crippen molar-refractivity contribution in [3.8, 4) is 16.2 Å². The molecule has 0 radical (unpaired) electrons. The minimum atomic E-state index is -0.874. The van der Waals surface area contributed by atoms with Gasteiger partial charge in [0, 0.05) is 64.1 Å². The smallest absolute Gasteiger partial charge is 0.344 e. The number of thiazole rings is 1. The molecule has 2 saturated heterocycles. The molecule has 4 atom stereocenters. The molecule has 7 rings (SSSR count). The number of ether oxygens (including phenoxy) is 1. The molecule has 2 aliphatic heterocycles. The summed E-state index contributed by atoms with van der Waals surface area (Å²) in [5.74, 6) is -0.721. The third-order valence-electron chi connectivity index (χ3n) is 13.3. The van der Waals surface area contributed by atoms with Crippen LogP contribution in [0.4, 0.5) is 5.69 Å². The van der Waals surface area contributed by atoms with Crippen LogP contribution in [0.3, 0.4) is 0 Å². The summed E-state index contributed by atoms with van der Waals surface area (Å²) in [5, 5.41) is 32.4. The maximum Gasteiger partial charge on any atom is 0.344 e. The quantitative estimate of drug-likeness (QED) is 0.0359. The molecule has 0 spiro atoms. The molecule has 4 amide bonds. The zero-order valence-electron chi connectivity index (χ0n) is 41.6. The maximum absolute atomic E-state index is 14.1. The summed E-state index contributed by atoms with van der Waals surface area (Å²) in [6.07, 6.45) is 4.87. The van der Waals surface area contributed by atoms with E-state index in [1.807, 2.05) is 106 Å². The van der Waals surface area contributed by atoms with Gasteiger partial charge in [-0.15, -0.1) is 11.3 Å². The molecule has 17 nitrogen and oxygen atoms in total. The highest BCUT2D eigenvalue weighted by Crippen LogP contribution is 2.34. The Morgan fingerprint density at radius 2 is 1.56 bits per heavy atom. The van der Waals surface area contributed by atoms with Crippen molar-refractivity contribution < 1.29 is 38.5 Å². The number of hydrogen-bond donors (Lipinski definition) is 3. The van der Waals surface area contributed by atoms with E-state index in [2.05, 4.69) is 25.7 Å². The lowest BCUT2D eigenvalue weighted by Gasteiger charge is -2.39. The van der Waals surface area contributed by atoms with Crippen LogP contribution in [0.15, 0.2) is 82.8 Å². The summed E-state index contributed by atoms with van der Waals surface area (Å²) in [6.45, 7) is 11.6. The Hall–Kier alpha value is -6.21. The number of aliphatic hydroxyl groups excluding tert-OH is 1. The van der Waals surface area contributed by atoms with Gasteiger partial charge in [0.25, 0.3) is 5.91 Å². The van der Waals surface area contributed by atoms with Crippen LogP contribution in [0.2, 0.25) is 5.02 Å². The molecule has 3 aromatic carbocycles. The normalized spacial score (nSPS) is 17.1. The highest BCUT2D eigenvalue weighted by atomic mass is 35.5. The molecule has 1 unspecified atom stereocenters. The first-order chi connectivity index (χ1) is 34.5. The topological polar surface area (TPSA) is 214 Å². The standard InChI is InChI=1S/C53H65ClN8O9S/c1-34-48(72-33-56-34)39-15-13-36(14-16-39)31-55-50(65)43-30-41(63)32-61(43)52(67)49(53(3,4)5)57-44(64)12-10-8-6-7-9-11-29-70-42-23-19-38(20-24-42)47(37-17-21-40(54)22-18-37)59-25-27-60(28-26-59)51(66)45-46(62(68)69)35(2)71-58-45/h13-24,33,41,43,47,49,63H,6-12,25-32H2,1-5H3,(H,55,65)(H,57,64)/t41-,43+,47?,49-/m1/s1. The number of carbonyl (C=O) groups excluding carboxylic acids is 4. The van der Waals surface area contributed by atoms with Gasteiger partial charge in [0.1, 0.15) is 17.8 Å². The Morgan fingerprint density at radius 3 is 2.18 bits per heavy atom. The SMILES string of the molecule is Cc1ncsc1-c1ccc(CNC(=O)[C@@H]2C[C@@H](O)CN2C(=O)[C@@H](NC(=O)CCCCCCCCOc2ccc(C(c3ccc(Cl)cc3)N3CCN(C(=O)c4noc(C)c4[N+](=O)[O-])CC3)cc2)C(C)(C)C)cc1. The number of benzene rings is 3. The van der Waals surface area contributed by atoms with E-state index in [9.17, 15) is 34.4 Å². The number of hydrogen-bond acceptors (Lipinski definition) is 13. The highest BCUT2D eigenvalue weighted by Gasteiger charge is 2.44. The van der Waals surface area contributed by atoms with Crippen LogP contribution in [0.5, 0.6) is 5.75 Å². The van der Waals surface area contributed by atoms with Gasteiger partial charge in [-0.05, 0) is 71.7 Å². The molecule has 5 aromatic rings. The van der Waals surface area contributed by atoms with Crippen molar-refractivity contribution in [3.05, 3.63) is 127 Å². The largest absolute Gasteiger partial charge is 0.494 e. The summed E-state index contributed by atoms with van der Waals surface area (Å²) in [5.41, 5.74) is 5.49. The number of nitrogens with one attached hydrogen (secondary N) is 2. The number of aryl methyl sites for hydroxylation is 2. The summed E-state index contributed by atoms with van der Waals surface area (Å²) < 4.78 is 11.1. The maximum atomic E-state index is 14.1. The van der Waals surface area contributed by atoms with E-state index in [0.717, 1.165) is 70.7 Å². The van der Waals surface area contributed by atoms with E-state index in [1.165, 1.54) is 11.8 Å². The van der Waals surface area contributed by atoms with Gasteiger partial charge in [-0.2, -0.15) is 0 Å². The molecule has 2 aromatic heterocycles. The molecule has 2 aliphatic rings. The molecule has 3 N–H and O–H groups in total. The van der Waals surface area contributed by atoms with Crippen molar-refractivity contribution in [2.75, 3.05) is 39.3 Å². The number of halogens is 1. The molecule has 2 fully saturated rings. The monoisotopic (exact) mass is 1020 g/mol. The third-order valence-corrected chi connectivity index (χ3v) is 14.6. The van der Waals surface area contributed by atoms with E-state index in [1.54, 1.807) is 16.2 Å². The summed E-state index contributed by atoms with van der Waals surface area (Å²) in [6, 6.07) is 21.8.